The number of rotatable bonds is 10. The van der Waals surface area contributed by atoms with Crippen LogP contribution in [0.25, 0.3) is 22.0 Å². The average molecular weight is 520 g/mol. The van der Waals surface area contributed by atoms with Crippen LogP contribution in [0, 0.1) is 0 Å². The van der Waals surface area contributed by atoms with E-state index >= 15 is 0 Å². The second kappa shape index (κ2) is 12.0. The van der Waals surface area contributed by atoms with Crippen molar-refractivity contribution in [3.63, 3.8) is 0 Å². The van der Waals surface area contributed by atoms with E-state index in [9.17, 15) is 14.7 Å². The first-order chi connectivity index (χ1) is 17.9. The molecular formula is C29H30ClN3O4. The van der Waals surface area contributed by atoms with Gasteiger partial charge in [0, 0.05) is 24.1 Å². The number of ether oxygens (including phenoxy) is 1. The minimum absolute atomic E-state index is 0.216. The Morgan fingerprint density at radius 1 is 1.03 bits per heavy atom. The fraction of sp³-hybridized carbons (Fsp3) is 0.241. The Labute approximate surface area is 220 Å². The molecular weight excluding hydrogens is 490 g/mol. The van der Waals surface area contributed by atoms with Gasteiger partial charge in [0.25, 0.3) is 11.8 Å². The molecule has 37 heavy (non-hydrogen) atoms. The maximum atomic E-state index is 13.4. The van der Waals surface area contributed by atoms with Gasteiger partial charge in [-0.05, 0) is 59.9 Å². The number of benzene rings is 3. The predicted molar refractivity (Wildman–Crippen MR) is 146 cm³/mol. The molecule has 4 N–H and O–H groups in total. The van der Waals surface area contributed by atoms with Crippen molar-refractivity contribution in [2.45, 2.75) is 25.8 Å². The third kappa shape index (κ3) is 5.96. The van der Waals surface area contributed by atoms with Gasteiger partial charge in [-0.1, -0.05) is 48.9 Å². The van der Waals surface area contributed by atoms with Crippen molar-refractivity contribution >= 4 is 34.3 Å². The Hall–Kier alpha value is -3.81. The predicted octanol–water partition coefficient (Wildman–Crippen LogP) is 4.97. The van der Waals surface area contributed by atoms with E-state index < -0.39 is 6.04 Å². The maximum Gasteiger partial charge on any atom is 0.255 e. The molecule has 7 nitrogen and oxygen atoms in total. The van der Waals surface area contributed by atoms with Crippen LogP contribution in [0.15, 0.2) is 66.9 Å². The maximum absolute atomic E-state index is 13.4. The number of H-pyrrole nitrogens is 1. The molecule has 1 aromatic heterocycles. The largest absolute Gasteiger partial charge is 0.493 e. The van der Waals surface area contributed by atoms with E-state index in [-0.39, 0.29) is 18.4 Å². The number of aliphatic hydroxyl groups is 1. The standard InChI is InChI=1S/C29H30ClN3O4/c1-3-12-37-27-11-9-18(19-8-10-23(25(30)15-19)28(35)31-2)14-24(27)29(36)33-21(17-34)13-20-16-32-26-7-5-4-6-22(20)26/h4-11,14-16,21,32,34H,3,12-13,17H2,1-2H3,(H,31,35)(H,33,36). The van der Waals surface area contributed by atoms with Gasteiger partial charge in [-0.2, -0.15) is 0 Å². The molecule has 1 unspecified atom stereocenters. The lowest BCUT2D eigenvalue weighted by Gasteiger charge is -2.18. The lowest BCUT2D eigenvalue weighted by Crippen LogP contribution is -2.39. The zero-order valence-electron chi connectivity index (χ0n) is 20.8. The summed E-state index contributed by atoms with van der Waals surface area (Å²) in [5.74, 6) is -0.162. The third-order valence-electron chi connectivity index (χ3n) is 6.16. The summed E-state index contributed by atoms with van der Waals surface area (Å²) in [5.41, 5.74) is 4.25. The molecule has 1 heterocycles. The number of para-hydroxylation sites is 1. The number of fused-ring (bicyclic) bond motifs is 1. The molecule has 192 valence electrons. The quantitative estimate of drug-likeness (QED) is 0.237. The molecule has 0 saturated carbocycles. The van der Waals surface area contributed by atoms with E-state index in [0.717, 1.165) is 34.0 Å². The smallest absolute Gasteiger partial charge is 0.255 e. The average Bonchev–Trinajstić information content (AvgIpc) is 3.33. The Morgan fingerprint density at radius 2 is 1.78 bits per heavy atom. The molecule has 0 spiro atoms. The number of carbonyl (C=O) groups excluding carboxylic acids is 2. The van der Waals surface area contributed by atoms with Crippen molar-refractivity contribution in [3.8, 4) is 16.9 Å². The summed E-state index contributed by atoms with van der Waals surface area (Å²) < 4.78 is 5.86. The highest BCUT2D eigenvalue weighted by Gasteiger charge is 2.20. The van der Waals surface area contributed by atoms with Crippen molar-refractivity contribution in [2.75, 3.05) is 20.3 Å². The SMILES string of the molecule is CCCOc1ccc(-c2ccc(C(=O)NC)c(Cl)c2)cc1C(=O)NC(CO)Cc1c[nH]c2ccccc12. The van der Waals surface area contributed by atoms with Crippen LogP contribution in [-0.2, 0) is 6.42 Å². The van der Waals surface area contributed by atoms with Crippen LogP contribution in [-0.4, -0.2) is 48.2 Å². The van der Waals surface area contributed by atoms with Gasteiger partial charge in [0.2, 0.25) is 0 Å². The fourth-order valence-corrected chi connectivity index (χ4v) is 4.50. The van der Waals surface area contributed by atoms with Crippen molar-refractivity contribution in [1.82, 2.24) is 15.6 Å². The van der Waals surface area contributed by atoms with Gasteiger partial charge in [-0.15, -0.1) is 0 Å². The molecule has 2 amide bonds. The number of carbonyl (C=O) groups is 2. The Balaban J connectivity index is 1.61. The van der Waals surface area contributed by atoms with Gasteiger partial charge in [-0.3, -0.25) is 9.59 Å². The van der Waals surface area contributed by atoms with E-state index in [2.05, 4.69) is 15.6 Å². The molecule has 4 aromatic rings. The summed E-state index contributed by atoms with van der Waals surface area (Å²) in [5, 5.41) is 17.0. The molecule has 0 radical (unpaired) electrons. The lowest BCUT2D eigenvalue weighted by molar-refractivity contribution is 0.0911. The number of nitrogens with one attached hydrogen (secondary N) is 3. The number of amides is 2. The Bertz CT molecular complexity index is 1420. The van der Waals surface area contributed by atoms with E-state index in [1.807, 2.05) is 43.5 Å². The first-order valence-corrected chi connectivity index (χ1v) is 12.6. The summed E-state index contributed by atoms with van der Waals surface area (Å²) in [6, 6.07) is 17.9. The van der Waals surface area contributed by atoms with Gasteiger partial charge in [0.15, 0.2) is 0 Å². The molecule has 0 aliphatic rings. The summed E-state index contributed by atoms with van der Waals surface area (Å²) in [6.45, 7) is 2.24. The van der Waals surface area contributed by atoms with Crippen LogP contribution >= 0.6 is 11.6 Å². The van der Waals surface area contributed by atoms with Gasteiger partial charge in [-0.25, -0.2) is 0 Å². The second-order valence-electron chi connectivity index (χ2n) is 8.75. The first-order valence-electron chi connectivity index (χ1n) is 12.2. The summed E-state index contributed by atoms with van der Waals surface area (Å²) in [6.07, 6.45) is 3.16. The number of hydrogen-bond donors (Lipinski definition) is 4. The number of hydrogen-bond acceptors (Lipinski definition) is 4. The highest BCUT2D eigenvalue weighted by Crippen LogP contribution is 2.30. The Morgan fingerprint density at radius 3 is 2.51 bits per heavy atom. The van der Waals surface area contributed by atoms with Gasteiger partial charge >= 0.3 is 0 Å². The number of aromatic nitrogens is 1. The topological polar surface area (TPSA) is 103 Å². The first kappa shape index (κ1) is 26.3. The molecule has 1 atom stereocenters. The van der Waals surface area contributed by atoms with Crippen molar-refractivity contribution in [3.05, 3.63) is 88.6 Å². The summed E-state index contributed by atoms with van der Waals surface area (Å²) >= 11 is 6.36. The molecule has 8 heteroatoms. The van der Waals surface area contributed by atoms with Crippen LogP contribution < -0.4 is 15.4 Å². The van der Waals surface area contributed by atoms with Gasteiger partial charge in [0.05, 0.1) is 35.4 Å². The fourth-order valence-electron chi connectivity index (χ4n) is 4.23. The minimum Gasteiger partial charge on any atom is -0.493 e. The minimum atomic E-state index is -0.490. The highest BCUT2D eigenvalue weighted by molar-refractivity contribution is 6.34. The van der Waals surface area contributed by atoms with E-state index in [1.54, 1.807) is 37.4 Å². The molecule has 3 aromatic carbocycles. The van der Waals surface area contributed by atoms with E-state index in [0.29, 0.717) is 34.9 Å². The van der Waals surface area contributed by atoms with Crippen LogP contribution in [0.2, 0.25) is 5.02 Å². The van der Waals surface area contributed by atoms with Crippen LogP contribution in [0.5, 0.6) is 5.75 Å². The molecule has 0 bridgehead atoms. The van der Waals surface area contributed by atoms with Crippen molar-refractivity contribution < 1.29 is 19.4 Å². The van der Waals surface area contributed by atoms with E-state index in [4.69, 9.17) is 16.3 Å². The molecule has 4 rings (SSSR count). The van der Waals surface area contributed by atoms with Crippen LogP contribution in [0.4, 0.5) is 0 Å². The zero-order chi connectivity index (χ0) is 26.4. The molecule has 0 fully saturated rings. The van der Waals surface area contributed by atoms with Crippen LogP contribution in [0.1, 0.15) is 39.6 Å². The highest BCUT2D eigenvalue weighted by atomic mass is 35.5. The number of halogens is 1. The lowest BCUT2D eigenvalue weighted by atomic mass is 10.00. The summed E-state index contributed by atoms with van der Waals surface area (Å²) in [4.78, 5) is 28.7. The number of aromatic amines is 1. The zero-order valence-corrected chi connectivity index (χ0v) is 21.6. The van der Waals surface area contributed by atoms with Crippen molar-refractivity contribution in [1.29, 1.82) is 0 Å². The third-order valence-corrected chi connectivity index (χ3v) is 6.47. The molecule has 0 aliphatic heterocycles. The number of aliphatic hydroxyl groups excluding tert-OH is 1. The monoisotopic (exact) mass is 519 g/mol. The van der Waals surface area contributed by atoms with Crippen molar-refractivity contribution in [2.24, 2.45) is 0 Å². The second-order valence-corrected chi connectivity index (χ2v) is 9.16. The van der Waals surface area contributed by atoms with Gasteiger partial charge < -0.3 is 25.5 Å². The Kier molecular flexibility index (Phi) is 8.48. The molecule has 0 saturated heterocycles. The normalized spacial score (nSPS) is 11.8. The van der Waals surface area contributed by atoms with Gasteiger partial charge in [0.1, 0.15) is 5.75 Å². The van der Waals surface area contributed by atoms with E-state index in [1.165, 1.54) is 0 Å². The molecule has 0 aliphatic carbocycles. The summed E-state index contributed by atoms with van der Waals surface area (Å²) in [7, 11) is 1.55. The van der Waals surface area contributed by atoms with Crippen LogP contribution in [0.3, 0.4) is 0 Å².